The maximum atomic E-state index is 11.6. The fourth-order valence-corrected chi connectivity index (χ4v) is 1.13. The number of carbonyl (C=O) groups excluding carboxylic acids is 2. The standard InChI is InChI=1S/C9H11ClN2O3/c1-11-8(13)5-12(2)9(14)6-3-4-7(10)15-6/h3-4H,5H2,1-2H3,(H,11,13). The summed E-state index contributed by atoms with van der Waals surface area (Å²) >= 11 is 5.53. The van der Waals surface area contributed by atoms with E-state index in [1.165, 1.54) is 31.1 Å². The Balaban J connectivity index is 2.64. The van der Waals surface area contributed by atoms with Crippen LogP contribution in [0.2, 0.25) is 5.22 Å². The monoisotopic (exact) mass is 230 g/mol. The van der Waals surface area contributed by atoms with Crippen molar-refractivity contribution in [3.63, 3.8) is 0 Å². The van der Waals surface area contributed by atoms with E-state index in [2.05, 4.69) is 5.32 Å². The van der Waals surface area contributed by atoms with Gasteiger partial charge in [-0.1, -0.05) is 0 Å². The van der Waals surface area contributed by atoms with Gasteiger partial charge in [-0.05, 0) is 23.7 Å². The predicted molar refractivity (Wildman–Crippen MR) is 54.7 cm³/mol. The minimum atomic E-state index is -0.384. The molecule has 0 bridgehead atoms. The summed E-state index contributed by atoms with van der Waals surface area (Å²) < 4.78 is 4.92. The maximum absolute atomic E-state index is 11.6. The summed E-state index contributed by atoms with van der Waals surface area (Å²) in [5.74, 6) is -0.514. The van der Waals surface area contributed by atoms with Crippen LogP contribution in [-0.2, 0) is 4.79 Å². The summed E-state index contributed by atoms with van der Waals surface area (Å²) in [6, 6.07) is 2.94. The van der Waals surface area contributed by atoms with Crippen LogP contribution >= 0.6 is 11.6 Å². The van der Waals surface area contributed by atoms with Crippen LogP contribution in [0.1, 0.15) is 10.6 Å². The molecule has 1 heterocycles. The van der Waals surface area contributed by atoms with Gasteiger partial charge < -0.3 is 14.6 Å². The van der Waals surface area contributed by atoms with E-state index in [0.29, 0.717) is 0 Å². The molecule has 15 heavy (non-hydrogen) atoms. The fraction of sp³-hybridized carbons (Fsp3) is 0.333. The van der Waals surface area contributed by atoms with Gasteiger partial charge in [0, 0.05) is 14.1 Å². The highest BCUT2D eigenvalue weighted by Gasteiger charge is 2.17. The van der Waals surface area contributed by atoms with Crippen LogP contribution in [0.25, 0.3) is 0 Å². The van der Waals surface area contributed by atoms with Crippen LogP contribution in [0.15, 0.2) is 16.5 Å². The molecule has 0 atom stereocenters. The Morgan fingerprint density at radius 3 is 2.67 bits per heavy atom. The van der Waals surface area contributed by atoms with E-state index in [0.717, 1.165) is 0 Å². The van der Waals surface area contributed by atoms with E-state index in [1.807, 2.05) is 0 Å². The van der Waals surface area contributed by atoms with Crippen molar-refractivity contribution in [3.8, 4) is 0 Å². The zero-order valence-electron chi connectivity index (χ0n) is 8.41. The molecule has 0 radical (unpaired) electrons. The molecule has 0 aliphatic heterocycles. The van der Waals surface area contributed by atoms with Crippen LogP contribution in [0.3, 0.4) is 0 Å². The molecule has 5 nitrogen and oxygen atoms in total. The Kier molecular flexibility index (Phi) is 3.74. The van der Waals surface area contributed by atoms with E-state index in [-0.39, 0.29) is 29.3 Å². The van der Waals surface area contributed by atoms with Crippen molar-refractivity contribution in [1.29, 1.82) is 0 Å². The highest BCUT2D eigenvalue weighted by atomic mass is 35.5. The zero-order valence-corrected chi connectivity index (χ0v) is 9.17. The molecule has 0 saturated carbocycles. The number of hydrogen-bond donors (Lipinski definition) is 1. The van der Waals surface area contributed by atoms with Gasteiger partial charge in [-0.25, -0.2) is 0 Å². The molecule has 0 saturated heterocycles. The molecule has 0 aliphatic rings. The normalized spacial score (nSPS) is 9.80. The summed E-state index contributed by atoms with van der Waals surface area (Å²) in [5.41, 5.74) is 0. The first-order chi connectivity index (χ1) is 7.04. The van der Waals surface area contributed by atoms with Gasteiger partial charge in [0.1, 0.15) is 0 Å². The van der Waals surface area contributed by atoms with Crippen molar-refractivity contribution < 1.29 is 14.0 Å². The zero-order chi connectivity index (χ0) is 11.4. The second kappa shape index (κ2) is 4.84. The molecular formula is C9H11ClN2O3. The number of nitrogens with one attached hydrogen (secondary N) is 1. The lowest BCUT2D eigenvalue weighted by molar-refractivity contribution is -0.121. The molecular weight excluding hydrogens is 220 g/mol. The summed E-state index contributed by atoms with van der Waals surface area (Å²) in [6.45, 7) is -0.0202. The second-order valence-corrected chi connectivity index (χ2v) is 3.31. The highest BCUT2D eigenvalue weighted by Crippen LogP contribution is 2.14. The number of amides is 2. The van der Waals surface area contributed by atoms with Crippen molar-refractivity contribution in [2.75, 3.05) is 20.6 Å². The Bertz CT molecular complexity index is 375. The molecule has 0 aromatic carbocycles. The molecule has 82 valence electrons. The van der Waals surface area contributed by atoms with Crippen LogP contribution < -0.4 is 5.32 Å². The molecule has 2 amide bonds. The first-order valence-corrected chi connectivity index (χ1v) is 4.63. The van der Waals surface area contributed by atoms with Gasteiger partial charge in [-0.3, -0.25) is 9.59 Å². The topological polar surface area (TPSA) is 62.6 Å². The number of rotatable bonds is 3. The first kappa shape index (κ1) is 11.6. The summed E-state index contributed by atoms with van der Waals surface area (Å²) in [6.07, 6.45) is 0. The van der Waals surface area contributed by atoms with Crippen LogP contribution in [-0.4, -0.2) is 37.4 Å². The average Bonchev–Trinajstić information content (AvgIpc) is 2.63. The van der Waals surface area contributed by atoms with E-state index in [1.54, 1.807) is 0 Å². The van der Waals surface area contributed by atoms with Gasteiger partial charge in [-0.2, -0.15) is 0 Å². The molecule has 0 aliphatic carbocycles. The predicted octanol–water partition coefficient (Wildman–Crippen LogP) is 0.751. The molecule has 0 spiro atoms. The van der Waals surface area contributed by atoms with E-state index in [9.17, 15) is 9.59 Å². The Labute approximate surface area is 92.0 Å². The molecule has 1 N–H and O–H groups in total. The van der Waals surface area contributed by atoms with E-state index < -0.39 is 0 Å². The third kappa shape index (κ3) is 2.99. The van der Waals surface area contributed by atoms with Crippen molar-refractivity contribution in [3.05, 3.63) is 23.1 Å². The third-order valence-corrected chi connectivity index (χ3v) is 1.99. The van der Waals surface area contributed by atoms with Gasteiger partial charge in [0.25, 0.3) is 5.91 Å². The lowest BCUT2D eigenvalue weighted by Gasteiger charge is -2.13. The third-order valence-electron chi connectivity index (χ3n) is 1.79. The quantitative estimate of drug-likeness (QED) is 0.834. The summed E-state index contributed by atoms with van der Waals surface area (Å²) in [7, 11) is 3.01. The van der Waals surface area contributed by atoms with Gasteiger partial charge in [0.05, 0.1) is 6.54 Å². The number of halogens is 1. The Morgan fingerprint density at radius 2 is 2.20 bits per heavy atom. The molecule has 1 aromatic heterocycles. The Hall–Kier alpha value is -1.49. The molecule has 0 fully saturated rings. The highest BCUT2D eigenvalue weighted by molar-refractivity contribution is 6.29. The van der Waals surface area contributed by atoms with Crippen molar-refractivity contribution in [2.45, 2.75) is 0 Å². The van der Waals surface area contributed by atoms with Crippen LogP contribution in [0.5, 0.6) is 0 Å². The average molecular weight is 231 g/mol. The summed E-state index contributed by atoms with van der Waals surface area (Å²) in [4.78, 5) is 23.8. The van der Waals surface area contributed by atoms with Gasteiger partial charge in [0.2, 0.25) is 5.91 Å². The largest absolute Gasteiger partial charge is 0.440 e. The lowest BCUT2D eigenvalue weighted by atomic mass is 10.4. The van der Waals surface area contributed by atoms with E-state index in [4.69, 9.17) is 16.0 Å². The van der Waals surface area contributed by atoms with Gasteiger partial charge in [0.15, 0.2) is 11.0 Å². The number of likely N-dealkylation sites (N-methyl/N-ethyl adjacent to an activating group) is 2. The van der Waals surface area contributed by atoms with Crippen LogP contribution in [0.4, 0.5) is 0 Å². The lowest BCUT2D eigenvalue weighted by Crippen LogP contribution is -2.36. The Morgan fingerprint density at radius 1 is 1.53 bits per heavy atom. The fourth-order valence-electron chi connectivity index (χ4n) is 0.984. The van der Waals surface area contributed by atoms with Crippen molar-refractivity contribution in [2.24, 2.45) is 0 Å². The number of furan rings is 1. The number of hydrogen-bond acceptors (Lipinski definition) is 3. The first-order valence-electron chi connectivity index (χ1n) is 4.26. The summed E-state index contributed by atoms with van der Waals surface area (Å²) in [5, 5.41) is 2.56. The second-order valence-electron chi connectivity index (χ2n) is 2.94. The number of nitrogens with zero attached hydrogens (tertiary/aromatic N) is 1. The van der Waals surface area contributed by atoms with Gasteiger partial charge >= 0.3 is 0 Å². The molecule has 6 heteroatoms. The molecule has 0 unspecified atom stereocenters. The van der Waals surface area contributed by atoms with Gasteiger partial charge in [-0.15, -0.1) is 0 Å². The van der Waals surface area contributed by atoms with E-state index >= 15 is 0 Å². The smallest absolute Gasteiger partial charge is 0.289 e. The van der Waals surface area contributed by atoms with Crippen LogP contribution in [0, 0.1) is 0 Å². The number of carbonyl (C=O) groups is 2. The van der Waals surface area contributed by atoms with Crippen molar-refractivity contribution >= 4 is 23.4 Å². The SMILES string of the molecule is CNC(=O)CN(C)C(=O)c1ccc(Cl)o1. The minimum Gasteiger partial charge on any atom is -0.440 e. The molecule has 1 rings (SSSR count). The maximum Gasteiger partial charge on any atom is 0.289 e. The molecule has 1 aromatic rings. The van der Waals surface area contributed by atoms with Crippen molar-refractivity contribution in [1.82, 2.24) is 10.2 Å². The minimum absolute atomic E-state index is 0.0202.